The van der Waals surface area contributed by atoms with Gasteiger partial charge in [-0.25, -0.2) is 18.7 Å². The largest absolute Gasteiger partial charge is 0.251 e. The van der Waals surface area contributed by atoms with Crippen LogP contribution in [0.4, 0.5) is 13.2 Å². The molecule has 0 aliphatic rings. The highest BCUT2D eigenvalue weighted by atomic mass is 19.2. The molecule has 1 aromatic heterocycles. The Labute approximate surface area is 103 Å². The van der Waals surface area contributed by atoms with Gasteiger partial charge in [-0.1, -0.05) is 6.07 Å². The lowest BCUT2D eigenvalue weighted by molar-refractivity contribution is 0.467. The average molecular weight is 252 g/mol. The van der Waals surface area contributed by atoms with Crippen molar-refractivity contribution < 1.29 is 13.2 Å². The van der Waals surface area contributed by atoms with E-state index in [9.17, 15) is 13.2 Å². The maximum atomic E-state index is 13.8. The van der Waals surface area contributed by atoms with Gasteiger partial charge < -0.3 is 0 Å². The number of alkyl halides is 1. The Balaban J connectivity index is 2.46. The van der Waals surface area contributed by atoms with Crippen LogP contribution in [0.5, 0.6) is 0 Å². The second kappa shape index (κ2) is 5.16. The molecular formula is C13H11F3N2. The van der Waals surface area contributed by atoms with Crippen molar-refractivity contribution in [2.45, 2.75) is 13.3 Å². The highest BCUT2D eigenvalue weighted by Gasteiger charge is 2.15. The molecule has 0 fully saturated rings. The van der Waals surface area contributed by atoms with E-state index in [0.717, 1.165) is 5.56 Å². The third-order valence-electron chi connectivity index (χ3n) is 2.55. The minimum Gasteiger partial charge on any atom is -0.251 e. The van der Waals surface area contributed by atoms with Gasteiger partial charge in [-0.15, -0.1) is 0 Å². The second-order valence-electron chi connectivity index (χ2n) is 3.92. The molecule has 0 aliphatic carbocycles. The molecule has 0 saturated heterocycles. The van der Waals surface area contributed by atoms with E-state index < -0.39 is 18.3 Å². The predicted octanol–water partition coefficient (Wildman–Crippen LogP) is 3.24. The summed E-state index contributed by atoms with van der Waals surface area (Å²) in [4.78, 5) is 7.87. The number of benzene rings is 1. The third-order valence-corrected chi connectivity index (χ3v) is 2.55. The molecule has 0 saturated carbocycles. The lowest BCUT2D eigenvalue weighted by Crippen LogP contribution is -2.00. The summed E-state index contributed by atoms with van der Waals surface area (Å²) in [6.45, 7) is 1.07. The van der Waals surface area contributed by atoms with E-state index in [1.807, 2.05) is 0 Å². The molecule has 0 bridgehead atoms. The van der Waals surface area contributed by atoms with Crippen LogP contribution in [0.3, 0.4) is 0 Å². The van der Waals surface area contributed by atoms with E-state index in [2.05, 4.69) is 9.97 Å². The highest BCUT2D eigenvalue weighted by molar-refractivity contribution is 5.56. The van der Waals surface area contributed by atoms with Gasteiger partial charge >= 0.3 is 0 Å². The van der Waals surface area contributed by atoms with Gasteiger partial charge in [0.25, 0.3) is 0 Å². The first-order chi connectivity index (χ1) is 8.63. The topological polar surface area (TPSA) is 25.8 Å². The van der Waals surface area contributed by atoms with Gasteiger partial charge in [-0.3, -0.25) is 4.39 Å². The van der Waals surface area contributed by atoms with E-state index >= 15 is 0 Å². The van der Waals surface area contributed by atoms with Crippen LogP contribution >= 0.6 is 0 Å². The van der Waals surface area contributed by atoms with Crippen LogP contribution in [0.25, 0.3) is 11.4 Å². The van der Waals surface area contributed by atoms with Crippen LogP contribution in [-0.4, -0.2) is 16.6 Å². The van der Waals surface area contributed by atoms with Crippen molar-refractivity contribution in [1.82, 2.24) is 9.97 Å². The van der Waals surface area contributed by atoms with Crippen molar-refractivity contribution in [2.75, 3.05) is 6.67 Å². The number of hydrogen-bond donors (Lipinski definition) is 0. The van der Waals surface area contributed by atoms with Crippen molar-refractivity contribution in [3.05, 3.63) is 47.3 Å². The minimum absolute atomic E-state index is 0.0184. The molecule has 5 heteroatoms. The number of aromatic nitrogens is 2. The van der Waals surface area contributed by atoms with Crippen LogP contribution in [-0.2, 0) is 6.42 Å². The van der Waals surface area contributed by atoms with E-state index in [0.29, 0.717) is 0 Å². The molecule has 1 aromatic carbocycles. The monoisotopic (exact) mass is 252 g/mol. The van der Waals surface area contributed by atoms with Crippen molar-refractivity contribution in [3.63, 3.8) is 0 Å². The summed E-state index contributed by atoms with van der Waals surface area (Å²) >= 11 is 0. The molecule has 2 nitrogen and oxygen atoms in total. The molecule has 0 radical (unpaired) electrons. The number of rotatable bonds is 3. The van der Waals surface area contributed by atoms with Gasteiger partial charge in [0.2, 0.25) is 0 Å². The van der Waals surface area contributed by atoms with Crippen molar-refractivity contribution >= 4 is 0 Å². The van der Waals surface area contributed by atoms with Gasteiger partial charge in [-0.05, 0) is 24.1 Å². The Bertz CT molecular complexity index is 553. The molecule has 0 aliphatic heterocycles. The molecule has 1 heterocycles. The molecule has 18 heavy (non-hydrogen) atoms. The van der Waals surface area contributed by atoms with Gasteiger partial charge in [0, 0.05) is 18.8 Å². The quantitative estimate of drug-likeness (QED) is 0.838. The smallest absolute Gasteiger partial charge is 0.170 e. The summed E-state index contributed by atoms with van der Waals surface area (Å²) in [7, 11) is 0. The Hall–Kier alpha value is -1.91. The number of halogens is 3. The normalized spacial score (nSPS) is 10.7. The maximum Gasteiger partial charge on any atom is 0.170 e. The van der Waals surface area contributed by atoms with Gasteiger partial charge in [0.05, 0.1) is 12.2 Å². The number of hydrogen-bond acceptors (Lipinski definition) is 2. The van der Waals surface area contributed by atoms with E-state index in [4.69, 9.17) is 0 Å². The molecule has 0 amide bonds. The van der Waals surface area contributed by atoms with Crippen molar-refractivity contribution in [1.29, 1.82) is 0 Å². The SMILES string of the molecule is Cc1cnc(-c2ccc(CCF)c(F)c2F)nc1. The predicted molar refractivity (Wildman–Crippen MR) is 61.8 cm³/mol. The third kappa shape index (κ3) is 2.34. The number of nitrogens with zero attached hydrogens (tertiary/aromatic N) is 2. The fraction of sp³-hybridized carbons (Fsp3) is 0.231. The fourth-order valence-electron chi connectivity index (χ4n) is 1.59. The molecule has 0 spiro atoms. The van der Waals surface area contributed by atoms with Gasteiger partial charge in [-0.2, -0.15) is 0 Å². The van der Waals surface area contributed by atoms with Crippen LogP contribution in [0, 0.1) is 18.6 Å². The van der Waals surface area contributed by atoms with Crippen LogP contribution in [0.1, 0.15) is 11.1 Å². The first-order valence-corrected chi connectivity index (χ1v) is 5.45. The Morgan fingerprint density at radius 2 is 1.72 bits per heavy atom. The summed E-state index contributed by atoms with van der Waals surface area (Å²) < 4.78 is 39.6. The molecule has 0 N–H and O–H groups in total. The first kappa shape index (κ1) is 12.5. The zero-order chi connectivity index (χ0) is 13.1. The average Bonchev–Trinajstić information content (AvgIpc) is 2.37. The fourth-order valence-corrected chi connectivity index (χ4v) is 1.59. The van der Waals surface area contributed by atoms with Crippen molar-refractivity contribution in [3.8, 4) is 11.4 Å². The molecule has 94 valence electrons. The van der Waals surface area contributed by atoms with E-state index in [1.54, 1.807) is 6.92 Å². The maximum absolute atomic E-state index is 13.8. The van der Waals surface area contributed by atoms with Crippen LogP contribution in [0.15, 0.2) is 24.5 Å². The molecule has 0 atom stereocenters. The Morgan fingerprint density at radius 1 is 1.06 bits per heavy atom. The van der Waals surface area contributed by atoms with Gasteiger partial charge in [0.15, 0.2) is 17.5 Å². The van der Waals surface area contributed by atoms with Gasteiger partial charge in [0.1, 0.15) is 0 Å². The summed E-state index contributed by atoms with van der Waals surface area (Å²) in [5.74, 6) is -1.96. The van der Waals surface area contributed by atoms with E-state index in [-0.39, 0.29) is 23.4 Å². The summed E-state index contributed by atoms with van der Waals surface area (Å²) in [6.07, 6.45) is 2.90. The summed E-state index contributed by atoms with van der Waals surface area (Å²) in [6, 6.07) is 2.73. The van der Waals surface area contributed by atoms with E-state index in [1.165, 1.54) is 24.5 Å². The summed E-state index contributed by atoms with van der Waals surface area (Å²) in [5.41, 5.74) is 0.828. The first-order valence-electron chi connectivity index (χ1n) is 5.45. The minimum atomic E-state index is -1.04. The Kier molecular flexibility index (Phi) is 3.60. The van der Waals surface area contributed by atoms with Crippen LogP contribution < -0.4 is 0 Å². The molecular weight excluding hydrogens is 241 g/mol. The standard InChI is InChI=1S/C13H11F3N2/c1-8-6-17-13(18-7-8)10-3-2-9(4-5-14)11(15)12(10)16/h2-3,6-7H,4-5H2,1H3. The number of aryl methyl sites for hydroxylation is 2. The molecule has 2 rings (SSSR count). The summed E-state index contributed by atoms with van der Waals surface area (Å²) in [5, 5.41) is 0. The molecule has 0 unspecified atom stereocenters. The van der Waals surface area contributed by atoms with Crippen molar-refractivity contribution in [2.24, 2.45) is 0 Å². The lowest BCUT2D eigenvalue weighted by Gasteiger charge is -2.06. The molecule has 2 aromatic rings. The lowest BCUT2D eigenvalue weighted by atomic mass is 10.1. The zero-order valence-electron chi connectivity index (χ0n) is 9.75. The second-order valence-corrected chi connectivity index (χ2v) is 3.92. The van der Waals surface area contributed by atoms with Crippen LogP contribution in [0.2, 0.25) is 0 Å². The highest BCUT2D eigenvalue weighted by Crippen LogP contribution is 2.23. The Morgan fingerprint density at radius 3 is 2.33 bits per heavy atom. The zero-order valence-corrected chi connectivity index (χ0v) is 9.75.